The van der Waals surface area contributed by atoms with Gasteiger partial charge in [0.1, 0.15) is 0 Å². The van der Waals surface area contributed by atoms with E-state index >= 15 is 0 Å². The molecule has 2 N–H and O–H groups in total. The summed E-state index contributed by atoms with van der Waals surface area (Å²) in [5, 5.41) is 14.3. The van der Waals surface area contributed by atoms with Crippen molar-refractivity contribution < 1.29 is 14.6 Å². The lowest BCUT2D eigenvalue weighted by molar-refractivity contribution is 0.0699. The van der Waals surface area contributed by atoms with Gasteiger partial charge in [0, 0.05) is 23.7 Å². The van der Waals surface area contributed by atoms with Crippen molar-refractivity contribution in [3.63, 3.8) is 0 Å². The smallest absolute Gasteiger partial charge is 0.336 e. The Kier molecular flexibility index (Phi) is 4.58. The molecule has 0 saturated carbocycles. The highest BCUT2D eigenvalue weighted by Crippen LogP contribution is 2.27. The summed E-state index contributed by atoms with van der Waals surface area (Å²) in [6, 6.07) is 11.1. The molecule has 0 aromatic heterocycles. The van der Waals surface area contributed by atoms with Crippen molar-refractivity contribution in [1.82, 2.24) is 0 Å². The van der Waals surface area contributed by atoms with Gasteiger partial charge in [-0.2, -0.15) is 0 Å². The molecular weight excluding hydrogens is 254 g/mol. The van der Waals surface area contributed by atoms with E-state index in [0.29, 0.717) is 18.8 Å². The largest absolute Gasteiger partial charge is 0.478 e. The van der Waals surface area contributed by atoms with Crippen molar-refractivity contribution >= 4 is 22.4 Å². The number of carboxylic acid groups (broad SMARTS) is 1. The van der Waals surface area contributed by atoms with Gasteiger partial charge in [0.25, 0.3) is 0 Å². The maximum Gasteiger partial charge on any atom is 0.336 e. The third-order valence-electron chi connectivity index (χ3n) is 3.13. The predicted octanol–water partition coefficient (Wildman–Crippen LogP) is 3.37. The normalized spacial score (nSPS) is 12.3. The highest BCUT2D eigenvalue weighted by molar-refractivity contribution is 6.07. The number of rotatable bonds is 6. The molecule has 106 valence electrons. The zero-order valence-corrected chi connectivity index (χ0v) is 11.7. The lowest BCUT2D eigenvalue weighted by atomic mass is 10.0. The fourth-order valence-electron chi connectivity index (χ4n) is 2.21. The van der Waals surface area contributed by atoms with Crippen molar-refractivity contribution in [2.24, 2.45) is 0 Å². The van der Waals surface area contributed by atoms with E-state index in [9.17, 15) is 9.90 Å². The minimum Gasteiger partial charge on any atom is -0.478 e. The van der Waals surface area contributed by atoms with Gasteiger partial charge in [-0.1, -0.05) is 24.3 Å². The van der Waals surface area contributed by atoms with Crippen LogP contribution in [0.1, 0.15) is 24.2 Å². The number of carbonyl (C=O) groups is 1. The van der Waals surface area contributed by atoms with E-state index in [1.807, 2.05) is 44.2 Å². The summed E-state index contributed by atoms with van der Waals surface area (Å²) in [6.45, 7) is 5.30. The van der Waals surface area contributed by atoms with Gasteiger partial charge >= 0.3 is 5.97 Å². The van der Waals surface area contributed by atoms with Gasteiger partial charge in [0.2, 0.25) is 0 Å². The number of fused-ring (bicyclic) bond motifs is 1. The highest BCUT2D eigenvalue weighted by Gasteiger charge is 2.12. The average Bonchev–Trinajstić information content (AvgIpc) is 2.45. The second kappa shape index (κ2) is 6.39. The molecular formula is C16H19NO3. The van der Waals surface area contributed by atoms with Gasteiger partial charge in [-0.15, -0.1) is 0 Å². The second-order valence-electron chi connectivity index (χ2n) is 4.72. The number of aromatic carboxylic acids is 1. The standard InChI is InChI=1S/C16H19NO3/c1-3-20-10-11(2)17-15-9-8-14(16(18)19)12-6-4-5-7-13(12)15/h4-9,11,17H,3,10H2,1-2H3,(H,18,19). The molecule has 0 heterocycles. The first kappa shape index (κ1) is 14.3. The van der Waals surface area contributed by atoms with Gasteiger partial charge in [-0.3, -0.25) is 0 Å². The number of hydrogen-bond acceptors (Lipinski definition) is 3. The number of ether oxygens (including phenoxy) is 1. The van der Waals surface area contributed by atoms with Crippen LogP contribution < -0.4 is 5.32 Å². The van der Waals surface area contributed by atoms with Crippen molar-refractivity contribution in [2.75, 3.05) is 18.5 Å². The van der Waals surface area contributed by atoms with Crippen LogP contribution in [0.4, 0.5) is 5.69 Å². The van der Waals surface area contributed by atoms with Gasteiger partial charge in [-0.25, -0.2) is 4.79 Å². The summed E-state index contributed by atoms with van der Waals surface area (Å²) in [5.41, 5.74) is 1.25. The molecule has 0 radical (unpaired) electrons. The highest BCUT2D eigenvalue weighted by atomic mass is 16.5. The molecule has 1 unspecified atom stereocenters. The Morgan fingerprint density at radius 2 is 1.95 bits per heavy atom. The van der Waals surface area contributed by atoms with Crippen LogP contribution in [-0.2, 0) is 4.74 Å². The lowest BCUT2D eigenvalue weighted by Gasteiger charge is -2.17. The predicted molar refractivity (Wildman–Crippen MR) is 80.5 cm³/mol. The molecule has 0 aliphatic rings. The first-order valence-corrected chi connectivity index (χ1v) is 6.72. The second-order valence-corrected chi connectivity index (χ2v) is 4.72. The quantitative estimate of drug-likeness (QED) is 0.847. The fourth-order valence-corrected chi connectivity index (χ4v) is 2.21. The first-order chi connectivity index (χ1) is 9.63. The van der Waals surface area contributed by atoms with E-state index in [2.05, 4.69) is 5.32 Å². The van der Waals surface area contributed by atoms with E-state index in [4.69, 9.17) is 4.74 Å². The maximum atomic E-state index is 11.2. The molecule has 4 nitrogen and oxygen atoms in total. The fraction of sp³-hybridized carbons (Fsp3) is 0.312. The Bertz CT molecular complexity index is 610. The molecule has 0 amide bonds. The van der Waals surface area contributed by atoms with Crippen LogP contribution in [0.3, 0.4) is 0 Å². The van der Waals surface area contributed by atoms with Gasteiger partial charge in [-0.05, 0) is 31.4 Å². The van der Waals surface area contributed by atoms with E-state index < -0.39 is 5.97 Å². The van der Waals surface area contributed by atoms with Crippen molar-refractivity contribution in [3.8, 4) is 0 Å². The monoisotopic (exact) mass is 273 g/mol. The summed E-state index contributed by atoms with van der Waals surface area (Å²) < 4.78 is 5.38. The third kappa shape index (κ3) is 3.08. The SMILES string of the molecule is CCOCC(C)Nc1ccc(C(=O)O)c2ccccc12. The van der Waals surface area contributed by atoms with Crippen molar-refractivity contribution in [2.45, 2.75) is 19.9 Å². The maximum absolute atomic E-state index is 11.2. The number of hydrogen-bond donors (Lipinski definition) is 2. The Morgan fingerprint density at radius 1 is 1.25 bits per heavy atom. The van der Waals surface area contributed by atoms with Crippen LogP contribution >= 0.6 is 0 Å². The van der Waals surface area contributed by atoms with Crippen molar-refractivity contribution in [1.29, 1.82) is 0 Å². The molecule has 0 saturated heterocycles. The molecule has 4 heteroatoms. The molecule has 2 aromatic rings. The zero-order valence-electron chi connectivity index (χ0n) is 11.7. The van der Waals surface area contributed by atoms with Crippen LogP contribution in [0.5, 0.6) is 0 Å². The minimum atomic E-state index is -0.907. The summed E-state index contributed by atoms with van der Waals surface area (Å²) in [6.07, 6.45) is 0. The molecule has 2 aromatic carbocycles. The Labute approximate surface area is 118 Å². The summed E-state index contributed by atoms with van der Waals surface area (Å²) in [7, 11) is 0. The Morgan fingerprint density at radius 3 is 2.60 bits per heavy atom. The van der Waals surface area contributed by atoms with Gasteiger partial charge < -0.3 is 15.2 Å². The molecule has 2 rings (SSSR count). The Hall–Kier alpha value is -2.07. The van der Waals surface area contributed by atoms with E-state index in [1.54, 1.807) is 6.07 Å². The Balaban J connectivity index is 2.35. The molecule has 0 bridgehead atoms. The van der Waals surface area contributed by atoms with Crippen LogP contribution in [0, 0.1) is 0 Å². The van der Waals surface area contributed by atoms with E-state index in [1.165, 1.54) is 0 Å². The first-order valence-electron chi connectivity index (χ1n) is 6.72. The average molecular weight is 273 g/mol. The summed E-state index contributed by atoms with van der Waals surface area (Å²) in [4.78, 5) is 11.2. The van der Waals surface area contributed by atoms with E-state index in [-0.39, 0.29) is 6.04 Å². The van der Waals surface area contributed by atoms with Gasteiger partial charge in [0.05, 0.1) is 12.2 Å². The zero-order chi connectivity index (χ0) is 14.5. The topological polar surface area (TPSA) is 58.6 Å². The van der Waals surface area contributed by atoms with Crippen molar-refractivity contribution in [3.05, 3.63) is 42.0 Å². The van der Waals surface area contributed by atoms with Crippen LogP contribution in [0.15, 0.2) is 36.4 Å². The molecule has 0 aliphatic heterocycles. The molecule has 0 aliphatic carbocycles. The minimum absolute atomic E-state index is 0.161. The van der Waals surface area contributed by atoms with Crippen LogP contribution in [0.25, 0.3) is 10.8 Å². The number of carboxylic acids is 1. The van der Waals surface area contributed by atoms with Crippen LogP contribution in [-0.4, -0.2) is 30.3 Å². The third-order valence-corrected chi connectivity index (χ3v) is 3.13. The number of anilines is 1. The molecule has 0 fully saturated rings. The number of nitrogens with one attached hydrogen (secondary N) is 1. The van der Waals surface area contributed by atoms with Crippen LogP contribution in [0.2, 0.25) is 0 Å². The summed E-state index contributed by atoms with van der Waals surface area (Å²) in [5.74, 6) is -0.907. The summed E-state index contributed by atoms with van der Waals surface area (Å²) >= 11 is 0. The molecule has 1 atom stereocenters. The molecule has 20 heavy (non-hydrogen) atoms. The number of benzene rings is 2. The van der Waals surface area contributed by atoms with Gasteiger partial charge in [0.15, 0.2) is 0 Å². The lowest BCUT2D eigenvalue weighted by Crippen LogP contribution is -2.21. The molecule has 0 spiro atoms. The van der Waals surface area contributed by atoms with E-state index in [0.717, 1.165) is 16.5 Å².